The molecule has 2 N–H and O–H groups in total. The van der Waals surface area contributed by atoms with Gasteiger partial charge >= 0.3 is 0 Å². The first-order valence-electron chi connectivity index (χ1n) is 7.18. The molecule has 0 radical (unpaired) electrons. The molecule has 0 aromatic rings. The molecule has 4 rings (SSSR count). The van der Waals surface area contributed by atoms with Crippen molar-refractivity contribution in [2.45, 2.75) is 63.4 Å². The predicted octanol–water partition coefficient (Wildman–Crippen LogP) is 1.63. The van der Waals surface area contributed by atoms with Crippen molar-refractivity contribution in [2.24, 2.45) is 17.3 Å². The van der Waals surface area contributed by atoms with Gasteiger partial charge in [0, 0.05) is 17.3 Å². The lowest BCUT2D eigenvalue weighted by Crippen LogP contribution is -2.58. The van der Waals surface area contributed by atoms with Gasteiger partial charge in [0.05, 0.1) is 23.4 Å². The minimum Gasteiger partial charge on any atom is -0.388 e. The Morgan fingerprint density at radius 2 is 2.06 bits per heavy atom. The van der Waals surface area contributed by atoms with E-state index >= 15 is 0 Å². The van der Waals surface area contributed by atoms with Gasteiger partial charge in [-0.2, -0.15) is 0 Å². The highest BCUT2D eigenvalue weighted by molar-refractivity contribution is 5.38. The van der Waals surface area contributed by atoms with Gasteiger partial charge in [0.15, 0.2) is 0 Å². The molecule has 18 heavy (non-hydrogen) atoms. The summed E-state index contributed by atoms with van der Waals surface area (Å²) in [5.41, 5.74) is -0.0526. The first-order chi connectivity index (χ1) is 8.39. The summed E-state index contributed by atoms with van der Waals surface area (Å²) in [7, 11) is 0. The molecule has 3 fully saturated rings. The van der Waals surface area contributed by atoms with Gasteiger partial charge in [0.2, 0.25) is 0 Å². The summed E-state index contributed by atoms with van der Waals surface area (Å²) >= 11 is 0. The molecule has 3 nitrogen and oxygen atoms in total. The van der Waals surface area contributed by atoms with Crippen molar-refractivity contribution >= 4 is 0 Å². The molecule has 0 amide bonds. The Morgan fingerprint density at radius 3 is 2.61 bits per heavy atom. The number of hydrogen-bond acceptors (Lipinski definition) is 3. The summed E-state index contributed by atoms with van der Waals surface area (Å²) in [5, 5.41) is 21.4. The van der Waals surface area contributed by atoms with Gasteiger partial charge in [-0.3, -0.25) is 0 Å². The largest absolute Gasteiger partial charge is 0.388 e. The number of rotatable bonds is 1. The fourth-order valence-corrected chi connectivity index (χ4v) is 5.41. The predicted molar refractivity (Wildman–Crippen MR) is 66.9 cm³/mol. The lowest BCUT2D eigenvalue weighted by atomic mass is 9.58. The highest BCUT2D eigenvalue weighted by Crippen LogP contribution is 2.77. The summed E-state index contributed by atoms with van der Waals surface area (Å²) in [5.74, 6) is 0.348. The standard InChI is InChI=1S/C15H22O3/c1-4-8-7-9-10(11(8)16)14(3)15(5-6-15)13(2,17)12(9)18-14/h7,9-12,16-17H,4-6H2,1-3H3/t9-,10?,11?,12-,13+,14+/m1/s1. The average molecular weight is 250 g/mol. The molecule has 1 saturated carbocycles. The highest BCUT2D eigenvalue weighted by atomic mass is 16.6. The maximum absolute atomic E-state index is 10.9. The number of ether oxygens (including phenoxy) is 1. The molecule has 2 aliphatic heterocycles. The monoisotopic (exact) mass is 250 g/mol. The molecular weight excluding hydrogens is 228 g/mol. The van der Waals surface area contributed by atoms with E-state index in [9.17, 15) is 10.2 Å². The van der Waals surface area contributed by atoms with Gasteiger partial charge in [0.25, 0.3) is 0 Å². The Kier molecular flexibility index (Phi) is 1.82. The Hall–Kier alpha value is -0.380. The lowest BCUT2D eigenvalue weighted by molar-refractivity contribution is -0.0847. The molecule has 2 aliphatic carbocycles. The van der Waals surface area contributed by atoms with E-state index < -0.39 is 5.60 Å². The van der Waals surface area contributed by atoms with E-state index in [1.165, 1.54) is 0 Å². The van der Waals surface area contributed by atoms with Crippen LogP contribution >= 0.6 is 0 Å². The maximum Gasteiger partial charge on any atom is 0.0969 e. The average Bonchev–Trinajstić information content (AvgIpc) is 2.95. The molecule has 3 heteroatoms. The molecule has 0 aromatic heterocycles. The van der Waals surface area contributed by atoms with Crippen LogP contribution < -0.4 is 0 Å². The minimum absolute atomic E-state index is 0.107. The van der Waals surface area contributed by atoms with E-state index in [2.05, 4.69) is 19.9 Å². The zero-order valence-electron chi connectivity index (χ0n) is 11.3. The molecule has 4 aliphatic rings. The van der Waals surface area contributed by atoms with Crippen molar-refractivity contribution in [1.29, 1.82) is 0 Å². The van der Waals surface area contributed by atoms with Crippen molar-refractivity contribution in [3.63, 3.8) is 0 Å². The Balaban J connectivity index is 1.84. The molecule has 6 atom stereocenters. The van der Waals surface area contributed by atoms with Crippen molar-refractivity contribution in [3.8, 4) is 0 Å². The van der Waals surface area contributed by atoms with Crippen LogP contribution in [0.4, 0.5) is 0 Å². The van der Waals surface area contributed by atoms with Gasteiger partial charge in [0.1, 0.15) is 0 Å². The highest BCUT2D eigenvalue weighted by Gasteiger charge is 2.83. The summed E-state index contributed by atoms with van der Waals surface area (Å²) < 4.78 is 6.23. The van der Waals surface area contributed by atoms with E-state index in [1.54, 1.807) is 0 Å². The van der Waals surface area contributed by atoms with Crippen LogP contribution in [0, 0.1) is 17.3 Å². The molecule has 2 bridgehead atoms. The SMILES string of the molecule is CCC1=C[C@@H]2C(C1O)[C@]1(C)O[C@H]2[C@](C)(O)C12CC2. The second-order valence-electron chi connectivity index (χ2n) is 7.02. The number of hydrogen-bond donors (Lipinski definition) is 2. The third-order valence-corrected chi connectivity index (χ3v) is 6.53. The zero-order chi connectivity index (χ0) is 12.9. The molecule has 2 heterocycles. The van der Waals surface area contributed by atoms with Crippen LogP contribution in [0.15, 0.2) is 11.6 Å². The third kappa shape index (κ3) is 0.879. The molecule has 1 spiro atoms. The summed E-state index contributed by atoms with van der Waals surface area (Å²) in [4.78, 5) is 0. The number of aliphatic hydroxyl groups is 2. The second-order valence-corrected chi connectivity index (χ2v) is 7.02. The van der Waals surface area contributed by atoms with Crippen molar-refractivity contribution in [3.05, 3.63) is 11.6 Å². The van der Waals surface area contributed by atoms with Crippen LogP contribution in [0.1, 0.15) is 40.0 Å². The topological polar surface area (TPSA) is 49.7 Å². The van der Waals surface area contributed by atoms with E-state index in [0.717, 1.165) is 24.8 Å². The van der Waals surface area contributed by atoms with Gasteiger partial charge < -0.3 is 14.9 Å². The van der Waals surface area contributed by atoms with Gasteiger partial charge in [-0.25, -0.2) is 0 Å². The fraction of sp³-hybridized carbons (Fsp3) is 0.867. The maximum atomic E-state index is 10.9. The van der Waals surface area contributed by atoms with Gasteiger partial charge in [-0.1, -0.05) is 13.0 Å². The Bertz CT molecular complexity index is 449. The van der Waals surface area contributed by atoms with Crippen LogP contribution in [0.25, 0.3) is 0 Å². The van der Waals surface area contributed by atoms with Crippen LogP contribution in [0.2, 0.25) is 0 Å². The Labute approximate surface area is 108 Å². The summed E-state index contributed by atoms with van der Waals surface area (Å²) in [6, 6.07) is 0. The van der Waals surface area contributed by atoms with E-state index in [-0.39, 0.29) is 35.1 Å². The lowest BCUT2D eigenvalue weighted by Gasteiger charge is -2.46. The smallest absolute Gasteiger partial charge is 0.0969 e. The van der Waals surface area contributed by atoms with Gasteiger partial charge in [-0.15, -0.1) is 0 Å². The number of aliphatic hydroxyl groups excluding tert-OH is 1. The van der Waals surface area contributed by atoms with E-state index in [1.807, 2.05) is 6.92 Å². The number of fused-ring (bicyclic) bond motifs is 6. The van der Waals surface area contributed by atoms with Crippen LogP contribution in [-0.2, 0) is 4.74 Å². The normalized spacial score (nSPS) is 59.1. The first-order valence-corrected chi connectivity index (χ1v) is 7.18. The fourth-order valence-electron chi connectivity index (χ4n) is 5.41. The molecular formula is C15H22O3. The summed E-state index contributed by atoms with van der Waals surface area (Å²) in [6.45, 7) is 6.15. The molecule has 100 valence electrons. The second kappa shape index (κ2) is 2.87. The molecule has 2 saturated heterocycles. The zero-order valence-corrected chi connectivity index (χ0v) is 11.3. The van der Waals surface area contributed by atoms with Crippen LogP contribution in [0.5, 0.6) is 0 Å². The van der Waals surface area contributed by atoms with Crippen molar-refractivity contribution in [1.82, 2.24) is 0 Å². The van der Waals surface area contributed by atoms with Gasteiger partial charge in [-0.05, 0) is 38.7 Å². The van der Waals surface area contributed by atoms with E-state index in [0.29, 0.717) is 0 Å². The van der Waals surface area contributed by atoms with Crippen molar-refractivity contribution < 1.29 is 14.9 Å². The first kappa shape index (κ1) is 11.4. The van der Waals surface area contributed by atoms with Crippen LogP contribution in [-0.4, -0.2) is 33.6 Å². The molecule has 0 aromatic carbocycles. The van der Waals surface area contributed by atoms with E-state index in [4.69, 9.17) is 4.74 Å². The quantitative estimate of drug-likeness (QED) is 0.695. The minimum atomic E-state index is -0.734. The van der Waals surface area contributed by atoms with Crippen molar-refractivity contribution in [2.75, 3.05) is 0 Å². The third-order valence-electron chi connectivity index (χ3n) is 6.53. The molecule has 2 unspecified atom stereocenters. The summed E-state index contributed by atoms with van der Waals surface area (Å²) in [6.07, 6.45) is 4.63. The Morgan fingerprint density at radius 1 is 1.39 bits per heavy atom. The van der Waals surface area contributed by atoms with Crippen LogP contribution in [0.3, 0.4) is 0 Å².